The fourth-order valence-corrected chi connectivity index (χ4v) is 5.21. The minimum atomic E-state index is -4.43. The quantitative estimate of drug-likeness (QED) is 0.426. The van der Waals surface area contributed by atoms with Crippen molar-refractivity contribution in [3.05, 3.63) is 0 Å². The minimum absolute atomic E-state index is 0.416. The summed E-state index contributed by atoms with van der Waals surface area (Å²) >= 11 is 0. The number of hydrogen-bond acceptors (Lipinski definition) is 6. The molecule has 0 unspecified atom stereocenters. The molecule has 0 aliphatic heterocycles. The van der Waals surface area contributed by atoms with Crippen LogP contribution in [0.4, 0.5) is 9.59 Å². The third-order valence-electron chi connectivity index (χ3n) is 1.44. The largest absolute Gasteiger partial charge is 0.445 e. The highest BCUT2D eigenvalue weighted by Crippen LogP contribution is 2.53. The summed E-state index contributed by atoms with van der Waals surface area (Å²) in [5.41, 5.74) is -2.65. The number of hydrogen-bond donors (Lipinski definition) is 0. The lowest BCUT2D eigenvalue weighted by molar-refractivity contribution is 0.172. The van der Waals surface area contributed by atoms with E-state index in [1.807, 2.05) is 11.8 Å². The van der Waals surface area contributed by atoms with E-state index < -0.39 is 40.3 Å². The average Bonchev–Trinajstić information content (AvgIpc) is 2.30. The molecule has 0 radical (unpaired) electrons. The molecule has 6 nitrogen and oxygen atoms in total. The SMILES string of the molecule is C#CCOC(=O)P(=O)(O[Si](C)(C)C)C(=O)OCC#C. The smallest absolute Gasteiger partial charge is 0.404 e. The van der Waals surface area contributed by atoms with Gasteiger partial charge < -0.3 is 13.7 Å². The van der Waals surface area contributed by atoms with Crippen molar-refractivity contribution in [2.75, 3.05) is 13.2 Å². The number of carbonyl (C=O) groups is 2. The Bertz CT molecular complexity index is 445. The Morgan fingerprint density at radius 1 is 1.05 bits per heavy atom. The second-order valence-electron chi connectivity index (χ2n) is 4.27. The molecular weight excluding hydrogens is 287 g/mol. The summed E-state index contributed by atoms with van der Waals surface area (Å²) in [6, 6.07) is 0. The van der Waals surface area contributed by atoms with Crippen molar-refractivity contribution >= 4 is 27.1 Å². The van der Waals surface area contributed by atoms with Crippen LogP contribution in [0, 0.1) is 24.7 Å². The molecule has 0 saturated carbocycles. The molecular formula is C11H15O6PSi. The Hall–Kier alpha value is -1.53. The van der Waals surface area contributed by atoms with Gasteiger partial charge in [0.25, 0.3) is 0 Å². The van der Waals surface area contributed by atoms with Gasteiger partial charge in [0, 0.05) is 0 Å². The van der Waals surface area contributed by atoms with Crippen molar-refractivity contribution in [2.24, 2.45) is 0 Å². The van der Waals surface area contributed by atoms with E-state index in [2.05, 4.69) is 9.47 Å². The molecule has 0 aromatic heterocycles. The van der Waals surface area contributed by atoms with Crippen LogP contribution in [0.1, 0.15) is 0 Å². The zero-order valence-corrected chi connectivity index (χ0v) is 12.9. The Labute approximate surface area is 113 Å². The lowest BCUT2D eigenvalue weighted by Crippen LogP contribution is -2.28. The summed E-state index contributed by atoms with van der Waals surface area (Å²) in [6.45, 7) is 4.13. The lowest BCUT2D eigenvalue weighted by Gasteiger charge is -2.22. The van der Waals surface area contributed by atoms with E-state index in [1.54, 1.807) is 19.6 Å². The van der Waals surface area contributed by atoms with Gasteiger partial charge in [-0.1, -0.05) is 11.8 Å². The van der Waals surface area contributed by atoms with Gasteiger partial charge in [-0.15, -0.1) is 12.8 Å². The zero-order valence-electron chi connectivity index (χ0n) is 11.0. The second kappa shape index (κ2) is 7.15. The van der Waals surface area contributed by atoms with E-state index in [9.17, 15) is 14.2 Å². The van der Waals surface area contributed by atoms with E-state index in [-0.39, 0.29) is 0 Å². The maximum absolute atomic E-state index is 12.4. The average molecular weight is 302 g/mol. The van der Waals surface area contributed by atoms with E-state index >= 15 is 0 Å². The molecule has 0 rings (SSSR count). The minimum Gasteiger partial charge on any atom is -0.445 e. The highest BCUT2D eigenvalue weighted by Gasteiger charge is 2.48. The van der Waals surface area contributed by atoms with Crippen LogP contribution in [0.5, 0.6) is 0 Å². The van der Waals surface area contributed by atoms with Gasteiger partial charge in [0.1, 0.15) is 0 Å². The van der Waals surface area contributed by atoms with Crippen molar-refractivity contribution in [2.45, 2.75) is 19.6 Å². The fourth-order valence-electron chi connectivity index (χ4n) is 0.912. The van der Waals surface area contributed by atoms with E-state index in [4.69, 9.17) is 17.1 Å². The first-order chi connectivity index (χ1) is 8.67. The van der Waals surface area contributed by atoms with E-state index in [0.717, 1.165) is 0 Å². The molecule has 0 spiro atoms. The molecule has 0 aliphatic carbocycles. The van der Waals surface area contributed by atoms with Gasteiger partial charge in [-0.2, -0.15) is 0 Å². The molecule has 0 aromatic rings. The standard InChI is InChI=1S/C11H15O6PSi/c1-6-8-15-10(12)18(14,17-19(3,4)5)11(13)16-9-7-2/h1-2H,8-9H2,3-5H3. The van der Waals surface area contributed by atoms with Crippen molar-refractivity contribution in [3.8, 4) is 24.7 Å². The van der Waals surface area contributed by atoms with Crippen molar-refractivity contribution in [1.29, 1.82) is 0 Å². The summed E-state index contributed by atoms with van der Waals surface area (Å²) in [6.07, 6.45) is 9.82. The Balaban J connectivity index is 5.20. The van der Waals surface area contributed by atoms with Crippen LogP contribution in [-0.2, 0) is 18.3 Å². The predicted molar refractivity (Wildman–Crippen MR) is 72.4 cm³/mol. The number of terminal acetylenes is 2. The first-order valence-corrected chi connectivity index (χ1v) is 10.2. The fraction of sp³-hybridized carbons (Fsp3) is 0.455. The molecule has 0 amide bonds. The molecule has 0 fully saturated rings. The van der Waals surface area contributed by atoms with Crippen LogP contribution in [-0.4, -0.2) is 33.0 Å². The van der Waals surface area contributed by atoms with Crippen LogP contribution in [0.2, 0.25) is 19.6 Å². The normalized spacial score (nSPS) is 11.0. The molecule has 0 heterocycles. The summed E-state index contributed by atoms with van der Waals surface area (Å²) in [5.74, 6) is 4.05. The molecule has 19 heavy (non-hydrogen) atoms. The molecule has 0 aromatic carbocycles. The first kappa shape index (κ1) is 17.5. The van der Waals surface area contributed by atoms with Gasteiger partial charge >= 0.3 is 18.8 Å². The first-order valence-electron chi connectivity index (χ1n) is 5.19. The van der Waals surface area contributed by atoms with Crippen LogP contribution in [0.25, 0.3) is 0 Å². The van der Waals surface area contributed by atoms with Gasteiger partial charge in [0.15, 0.2) is 21.5 Å². The number of rotatable bonds is 6. The van der Waals surface area contributed by atoms with Crippen LogP contribution in [0.15, 0.2) is 0 Å². The highest BCUT2D eigenvalue weighted by molar-refractivity contribution is 7.90. The Morgan fingerprint density at radius 2 is 1.42 bits per heavy atom. The van der Waals surface area contributed by atoms with Gasteiger partial charge in [-0.3, -0.25) is 4.57 Å². The van der Waals surface area contributed by atoms with Gasteiger partial charge in [0.2, 0.25) is 0 Å². The third kappa shape index (κ3) is 5.76. The zero-order chi connectivity index (χ0) is 15.1. The molecule has 0 bridgehead atoms. The van der Waals surface area contributed by atoms with Gasteiger partial charge in [0.05, 0.1) is 0 Å². The Morgan fingerprint density at radius 3 is 1.68 bits per heavy atom. The highest BCUT2D eigenvalue weighted by atomic mass is 31.2. The molecule has 0 atom stereocenters. The monoisotopic (exact) mass is 302 g/mol. The van der Waals surface area contributed by atoms with Crippen LogP contribution >= 0.6 is 7.37 Å². The molecule has 104 valence electrons. The van der Waals surface area contributed by atoms with E-state index in [0.29, 0.717) is 0 Å². The number of carbonyl (C=O) groups excluding carboxylic acids is 2. The topological polar surface area (TPSA) is 78.9 Å². The molecule has 0 saturated heterocycles. The van der Waals surface area contributed by atoms with Crippen molar-refractivity contribution < 1.29 is 27.8 Å². The summed E-state index contributed by atoms with van der Waals surface area (Å²) < 4.78 is 26.5. The maximum atomic E-state index is 12.4. The van der Waals surface area contributed by atoms with Crippen LogP contribution < -0.4 is 0 Å². The number of ether oxygens (including phenoxy) is 2. The summed E-state index contributed by atoms with van der Waals surface area (Å²) in [4.78, 5) is 23.3. The van der Waals surface area contributed by atoms with Crippen molar-refractivity contribution in [1.82, 2.24) is 0 Å². The molecule has 8 heteroatoms. The van der Waals surface area contributed by atoms with E-state index in [1.165, 1.54) is 0 Å². The summed E-state index contributed by atoms with van der Waals surface area (Å²) in [7, 11) is -6.90. The van der Waals surface area contributed by atoms with Gasteiger partial charge in [-0.25, -0.2) is 9.59 Å². The van der Waals surface area contributed by atoms with Crippen molar-refractivity contribution in [3.63, 3.8) is 0 Å². The predicted octanol–water partition coefficient (Wildman–Crippen LogP) is 2.66. The lowest BCUT2D eigenvalue weighted by atomic mass is 10.8. The van der Waals surface area contributed by atoms with Gasteiger partial charge in [-0.05, 0) is 19.6 Å². The molecule has 0 aliphatic rings. The maximum Gasteiger partial charge on any atom is 0.404 e. The summed E-state index contributed by atoms with van der Waals surface area (Å²) in [5, 5.41) is 0. The van der Waals surface area contributed by atoms with Crippen LogP contribution in [0.3, 0.4) is 0 Å². The molecule has 0 N–H and O–H groups in total. The Kier molecular flexibility index (Phi) is 6.58. The third-order valence-corrected chi connectivity index (χ3v) is 5.88. The second-order valence-corrected chi connectivity index (χ2v) is 11.1.